The first-order valence-electron chi connectivity index (χ1n) is 7.69. The molecule has 2 heterocycles. The van der Waals surface area contributed by atoms with Gasteiger partial charge in [-0.3, -0.25) is 4.98 Å². The molecule has 1 aromatic carbocycles. The Morgan fingerprint density at radius 3 is 2.64 bits per heavy atom. The van der Waals surface area contributed by atoms with Gasteiger partial charge in [-0.1, -0.05) is 0 Å². The fourth-order valence-electron chi connectivity index (χ4n) is 2.48. The van der Waals surface area contributed by atoms with E-state index in [0.29, 0.717) is 0 Å². The van der Waals surface area contributed by atoms with Gasteiger partial charge in [-0.25, -0.2) is 27.9 Å². The first-order chi connectivity index (χ1) is 12.8. The van der Waals surface area contributed by atoms with E-state index in [0.717, 1.165) is 18.5 Å². The number of hydrogen-bond acceptors (Lipinski definition) is 6. The van der Waals surface area contributed by atoms with Crippen LogP contribution in [0.4, 0.5) is 18.9 Å². The number of ether oxygens (including phenoxy) is 1. The molecule has 3 aromatic rings. The minimum atomic E-state index is -2.84. The molecule has 6 nitrogen and oxygen atoms in total. The summed E-state index contributed by atoms with van der Waals surface area (Å²) in [5.41, 5.74) is 5.22. The van der Waals surface area contributed by atoms with Crippen molar-refractivity contribution >= 4 is 11.7 Å². The Morgan fingerprint density at radius 2 is 2.00 bits per heavy atom. The van der Waals surface area contributed by atoms with Gasteiger partial charge in [0.2, 0.25) is 0 Å². The molecule has 0 atom stereocenters. The van der Waals surface area contributed by atoms with Crippen LogP contribution in [-0.2, 0) is 0 Å². The van der Waals surface area contributed by atoms with Crippen molar-refractivity contribution in [2.45, 2.75) is 13.3 Å². The molecule has 140 valence electrons. The molecule has 0 radical (unpaired) electrons. The van der Waals surface area contributed by atoms with Crippen molar-refractivity contribution in [2.24, 2.45) is 0 Å². The van der Waals surface area contributed by atoms with Crippen LogP contribution in [0, 0.1) is 12.7 Å². The summed E-state index contributed by atoms with van der Waals surface area (Å²) in [6.45, 7) is 1.50. The second-order valence-corrected chi connectivity index (χ2v) is 5.58. The Hall–Kier alpha value is -2.89. The molecule has 28 heavy (non-hydrogen) atoms. The molecule has 0 fully saturated rings. The van der Waals surface area contributed by atoms with Crippen LogP contribution < -0.4 is 29.3 Å². The van der Waals surface area contributed by atoms with Gasteiger partial charge in [0.05, 0.1) is 5.56 Å². The summed E-state index contributed by atoms with van der Waals surface area (Å²) in [6, 6.07) is 6.00. The largest absolute Gasteiger partial charge is 1.00 e. The van der Waals surface area contributed by atoms with E-state index in [-0.39, 0.29) is 54.2 Å². The predicted octanol–water partition coefficient (Wildman–Crippen LogP) is 0.842. The summed E-state index contributed by atoms with van der Waals surface area (Å²) < 4.78 is 46.0. The maximum absolute atomic E-state index is 14.6. The molecule has 0 aliphatic rings. The van der Waals surface area contributed by atoms with Crippen molar-refractivity contribution in [1.29, 1.82) is 0 Å². The van der Waals surface area contributed by atoms with Gasteiger partial charge in [-0.15, -0.1) is 0 Å². The minimum Gasteiger partial charge on any atom is -1.00 e. The third-order valence-corrected chi connectivity index (χ3v) is 3.56. The van der Waals surface area contributed by atoms with Crippen LogP contribution in [0.5, 0.6) is 5.75 Å². The fraction of sp³-hybridized carbons (Fsp3) is 0.111. The normalized spacial score (nSPS) is 10.5. The quantitative estimate of drug-likeness (QED) is 0.311. The van der Waals surface area contributed by atoms with Crippen molar-refractivity contribution in [3.05, 3.63) is 65.8 Å². The third kappa shape index (κ3) is 4.68. The zero-order valence-corrected chi connectivity index (χ0v) is 15.0. The fourth-order valence-corrected chi connectivity index (χ4v) is 2.48. The molecule has 2 aromatic heterocycles. The van der Waals surface area contributed by atoms with Gasteiger partial charge in [-0.05, 0) is 36.8 Å². The zero-order valence-electron chi connectivity index (χ0n) is 16.0. The molecule has 0 aliphatic carbocycles. The molecular formula is C18H14F3LiN4O2. The molecule has 3 rings (SSSR count). The molecule has 0 aliphatic heterocycles. The number of rotatable bonds is 4. The van der Waals surface area contributed by atoms with Crippen molar-refractivity contribution in [3.63, 3.8) is 0 Å². The molecule has 0 saturated carbocycles. The molecular weight excluding hydrogens is 368 g/mol. The van der Waals surface area contributed by atoms with E-state index >= 15 is 0 Å². The summed E-state index contributed by atoms with van der Waals surface area (Å²) in [7, 11) is 0. The smallest absolute Gasteiger partial charge is 1.00 e. The van der Waals surface area contributed by atoms with E-state index in [2.05, 4.69) is 15.0 Å². The van der Waals surface area contributed by atoms with Gasteiger partial charge in [0.25, 0.3) is 6.43 Å². The summed E-state index contributed by atoms with van der Waals surface area (Å²) in [5, 5.41) is 0. The number of nitrogen functional groups attached to an aromatic ring is 1. The van der Waals surface area contributed by atoms with E-state index in [4.69, 9.17) is 10.5 Å². The number of halogens is 3. The summed E-state index contributed by atoms with van der Waals surface area (Å²) >= 11 is 0. The average molecular weight is 382 g/mol. The van der Waals surface area contributed by atoms with E-state index in [1.165, 1.54) is 31.3 Å². The van der Waals surface area contributed by atoms with Crippen LogP contribution in [0.3, 0.4) is 0 Å². The Bertz CT molecular complexity index is 1010. The number of hydrogen-bond donors (Lipinski definition) is 1. The topological polar surface area (TPSA) is 91.0 Å². The zero-order chi connectivity index (χ0) is 19.6. The number of nitrogens with two attached hydrogens (primary N) is 1. The average Bonchev–Trinajstić information content (AvgIpc) is 2.61. The number of pyridine rings is 1. The van der Waals surface area contributed by atoms with Crippen molar-refractivity contribution in [3.8, 4) is 16.9 Å². The molecule has 0 saturated heterocycles. The van der Waals surface area contributed by atoms with Crippen LogP contribution in [0.25, 0.3) is 11.1 Å². The van der Waals surface area contributed by atoms with E-state index in [9.17, 15) is 18.0 Å². The summed E-state index contributed by atoms with van der Waals surface area (Å²) in [6.07, 6.45) is -0.350. The van der Waals surface area contributed by atoms with Crippen molar-refractivity contribution < 1.29 is 43.0 Å². The molecule has 0 spiro atoms. The predicted molar refractivity (Wildman–Crippen MR) is 91.8 cm³/mol. The maximum atomic E-state index is 14.6. The van der Waals surface area contributed by atoms with E-state index in [1.54, 1.807) is 0 Å². The van der Waals surface area contributed by atoms with Gasteiger partial charge in [0.1, 0.15) is 23.6 Å². The van der Waals surface area contributed by atoms with Crippen LogP contribution in [0.15, 0.2) is 42.9 Å². The number of carbonyl (C=O) groups excluding carboxylic acids is 1. The van der Waals surface area contributed by atoms with Crippen LogP contribution in [-0.4, -0.2) is 20.9 Å². The number of anilines is 1. The summed E-state index contributed by atoms with van der Waals surface area (Å²) in [4.78, 5) is 23.4. The van der Waals surface area contributed by atoms with Gasteiger partial charge in [0, 0.05) is 23.6 Å². The Morgan fingerprint density at radius 1 is 1.25 bits per heavy atom. The van der Waals surface area contributed by atoms with Gasteiger partial charge in [-0.2, -0.15) is 0 Å². The Kier molecular flexibility index (Phi) is 6.78. The molecule has 10 heteroatoms. The first kappa shape index (κ1) is 21.4. The van der Waals surface area contributed by atoms with Crippen LogP contribution in [0.2, 0.25) is 0 Å². The molecule has 2 N–H and O–H groups in total. The number of aryl methyl sites for hydroxylation is 1. The number of aromatic nitrogens is 3. The van der Waals surface area contributed by atoms with Gasteiger partial charge < -0.3 is 11.9 Å². The number of carbonyl (C=O) groups is 1. The van der Waals surface area contributed by atoms with E-state index in [1.807, 2.05) is 0 Å². The third-order valence-electron chi connectivity index (χ3n) is 3.56. The number of alkyl halides is 2. The second kappa shape index (κ2) is 8.86. The van der Waals surface area contributed by atoms with Crippen molar-refractivity contribution in [1.82, 2.24) is 15.0 Å². The van der Waals surface area contributed by atoms with Gasteiger partial charge in [0.15, 0.2) is 5.69 Å². The standard InChI is InChI=1S/C18H13F3N4O2.Li.H/c1-9-4-10(5-14(25-9)17(20)21)16-12(19)6-11(22)7-15(16)27-18(26)13-2-3-23-8-24-13;;/h2-8,17H,22H2,1H3;;/q;+1;-1. The SMILES string of the molecule is Cc1cc(-c2c(F)cc(N)cc2OC(=O)c2ccncn2)cc(C(F)F)n1.[H-].[Li+]. The van der Waals surface area contributed by atoms with Crippen LogP contribution >= 0.6 is 0 Å². The maximum Gasteiger partial charge on any atom is 1.00 e. The second-order valence-electron chi connectivity index (χ2n) is 5.58. The number of nitrogens with zero attached hydrogens (tertiary/aromatic N) is 3. The Balaban J connectivity index is 0.00000210. The van der Waals surface area contributed by atoms with E-state index < -0.39 is 23.9 Å². The number of esters is 1. The molecule has 0 unspecified atom stereocenters. The molecule has 0 amide bonds. The van der Waals surface area contributed by atoms with Gasteiger partial charge >= 0.3 is 24.8 Å². The summed E-state index contributed by atoms with van der Waals surface area (Å²) in [5.74, 6) is -1.92. The first-order valence-corrected chi connectivity index (χ1v) is 7.69. The van der Waals surface area contributed by atoms with Crippen LogP contribution in [0.1, 0.15) is 29.7 Å². The Labute approximate surface area is 171 Å². The van der Waals surface area contributed by atoms with Crippen molar-refractivity contribution in [2.75, 3.05) is 5.73 Å². The monoisotopic (exact) mass is 382 g/mol. The number of benzene rings is 1. The minimum absolute atomic E-state index is 0. The molecule has 0 bridgehead atoms.